The van der Waals surface area contributed by atoms with E-state index in [1.165, 1.54) is 24.3 Å². The second-order valence-electron chi connectivity index (χ2n) is 5.09. The van der Waals surface area contributed by atoms with Gasteiger partial charge in [0.15, 0.2) is 12.1 Å². The van der Waals surface area contributed by atoms with Gasteiger partial charge < -0.3 is 10.1 Å². The van der Waals surface area contributed by atoms with Gasteiger partial charge >= 0.3 is 0 Å². The van der Waals surface area contributed by atoms with E-state index < -0.39 is 5.78 Å². The van der Waals surface area contributed by atoms with Gasteiger partial charge in [-0.3, -0.25) is 9.59 Å². The molecule has 0 aliphatic heterocycles. The SMILES string of the molecule is O=Cc1c(-c2ccccc2)[nH]c(O)c1C(=O)c1ccc(N=O)cc1. The number of carbonyl (C=O) groups is 2. The van der Waals surface area contributed by atoms with Crippen molar-refractivity contribution >= 4 is 17.8 Å². The van der Waals surface area contributed by atoms with Crippen LogP contribution in [-0.2, 0) is 0 Å². The maximum atomic E-state index is 12.6. The molecule has 0 bridgehead atoms. The third-order valence-electron chi connectivity index (χ3n) is 3.66. The Balaban J connectivity index is 2.10. The largest absolute Gasteiger partial charge is 0.494 e. The smallest absolute Gasteiger partial charge is 0.201 e. The van der Waals surface area contributed by atoms with Gasteiger partial charge in [-0.1, -0.05) is 30.3 Å². The number of hydrogen-bond donors (Lipinski definition) is 2. The average molecular weight is 320 g/mol. The Hall–Kier alpha value is -3.54. The molecule has 0 aliphatic rings. The van der Waals surface area contributed by atoms with Gasteiger partial charge in [0.25, 0.3) is 0 Å². The van der Waals surface area contributed by atoms with Gasteiger partial charge in [-0.05, 0) is 35.0 Å². The molecule has 1 aromatic heterocycles. The Morgan fingerprint density at radius 2 is 1.71 bits per heavy atom. The number of nitrogens with one attached hydrogen (secondary N) is 1. The van der Waals surface area contributed by atoms with Crippen LogP contribution in [0.4, 0.5) is 5.69 Å². The number of aromatic amines is 1. The predicted octanol–water partition coefficient (Wildman–Crippen LogP) is 3.83. The van der Waals surface area contributed by atoms with Crippen molar-refractivity contribution in [2.75, 3.05) is 0 Å². The lowest BCUT2D eigenvalue weighted by molar-refractivity contribution is 0.102. The molecule has 6 nitrogen and oxygen atoms in total. The molecular weight excluding hydrogens is 308 g/mol. The summed E-state index contributed by atoms with van der Waals surface area (Å²) in [7, 11) is 0. The minimum absolute atomic E-state index is 0.0845. The molecule has 118 valence electrons. The van der Waals surface area contributed by atoms with Crippen LogP contribution in [0, 0.1) is 4.91 Å². The van der Waals surface area contributed by atoms with E-state index in [0.717, 1.165) is 0 Å². The van der Waals surface area contributed by atoms with Gasteiger partial charge in [-0.25, -0.2) is 0 Å². The van der Waals surface area contributed by atoms with Crippen LogP contribution in [0.5, 0.6) is 5.88 Å². The Kier molecular flexibility index (Phi) is 4.03. The summed E-state index contributed by atoms with van der Waals surface area (Å²) in [6.07, 6.45) is 0.535. The van der Waals surface area contributed by atoms with Gasteiger partial charge in [-0.15, -0.1) is 4.91 Å². The maximum Gasteiger partial charge on any atom is 0.201 e. The summed E-state index contributed by atoms with van der Waals surface area (Å²) in [6, 6.07) is 14.5. The van der Waals surface area contributed by atoms with Crippen LogP contribution in [0.25, 0.3) is 11.3 Å². The van der Waals surface area contributed by atoms with Gasteiger partial charge in [-0.2, -0.15) is 0 Å². The van der Waals surface area contributed by atoms with Crippen LogP contribution in [0.15, 0.2) is 59.8 Å². The van der Waals surface area contributed by atoms with Crippen molar-refractivity contribution in [3.05, 3.63) is 76.2 Å². The number of carbonyl (C=O) groups excluding carboxylic acids is 2. The highest BCUT2D eigenvalue weighted by molar-refractivity contribution is 6.16. The summed E-state index contributed by atoms with van der Waals surface area (Å²) in [5.41, 5.74) is 1.45. The molecule has 0 saturated heterocycles. The van der Waals surface area contributed by atoms with Crippen molar-refractivity contribution in [1.82, 2.24) is 4.98 Å². The first-order valence-electron chi connectivity index (χ1n) is 7.09. The van der Waals surface area contributed by atoms with Crippen molar-refractivity contribution in [2.45, 2.75) is 0 Å². The Bertz CT molecular complexity index is 912. The maximum absolute atomic E-state index is 12.6. The molecule has 2 N–H and O–H groups in total. The van der Waals surface area contributed by atoms with Crippen molar-refractivity contribution in [2.24, 2.45) is 5.18 Å². The van der Waals surface area contributed by atoms with Gasteiger partial charge in [0.1, 0.15) is 5.69 Å². The second kappa shape index (κ2) is 6.29. The van der Waals surface area contributed by atoms with Crippen LogP contribution in [0.2, 0.25) is 0 Å². The molecule has 0 saturated carbocycles. The van der Waals surface area contributed by atoms with Crippen LogP contribution in [0.3, 0.4) is 0 Å². The van der Waals surface area contributed by atoms with E-state index in [-0.39, 0.29) is 28.3 Å². The molecule has 0 radical (unpaired) electrons. The average Bonchev–Trinajstić information content (AvgIpc) is 2.98. The van der Waals surface area contributed by atoms with E-state index in [4.69, 9.17) is 0 Å². The predicted molar refractivity (Wildman–Crippen MR) is 88.6 cm³/mol. The Morgan fingerprint density at radius 3 is 2.29 bits per heavy atom. The first-order valence-corrected chi connectivity index (χ1v) is 7.09. The minimum Gasteiger partial charge on any atom is -0.494 e. The summed E-state index contributed by atoms with van der Waals surface area (Å²) in [6.45, 7) is 0. The highest BCUT2D eigenvalue weighted by atomic mass is 16.3. The summed E-state index contributed by atoms with van der Waals surface area (Å²) < 4.78 is 0. The van der Waals surface area contributed by atoms with E-state index in [0.29, 0.717) is 17.5 Å². The summed E-state index contributed by atoms with van der Waals surface area (Å²) in [4.78, 5) is 37.3. The molecule has 0 amide bonds. The molecule has 0 atom stereocenters. The van der Waals surface area contributed by atoms with E-state index >= 15 is 0 Å². The zero-order chi connectivity index (χ0) is 17.1. The summed E-state index contributed by atoms with van der Waals surface area (Å²) in [5.74, 6) is -0.899. The highest BCUT2D eigenvalue weighted by Gasteiger charge is 2.24. The second-order valence-corrected chi connectivity index (χ2v) is 5.09. The van der Waals surface area contributed by atoms with E-state index in [1.807, 2.05) is 6.07 Å². The normalized spacial score (nSPS) is 10.3. The number of nitroso groups, excluding NO2 is 1. The molecule has 0 unspecified atom stereocenters. The number of aromatic hydroxyl groups is 1. The number of H-pyrrole nitrogens is 1. The molecular formula is C18H12N2O4. The quantitative estimate of drug-likeness (QED) is 0.424. The van der Waals surface area contributed by atoms with Crippen LogP contribution < -0.4 is 0 Å². The van der Waals surface area contributed by atoms with Gasteiger partial charge in [0.05, 0.1) is 16.8 Å². The number of ketones is 1. The van der Waals surface area contributed by atoms with Crippen molar-refractivity contribution in [3.63, 3.8) is 0 Å². The number of rotatable bonds is 5. The lowest BCUT2D eigenvalue weighted by Gasteiger charge is -2.02. The number of nitrogens with zero attached hydrogens (tertiary/aromatic N) is 1. The topological polar surface area (TPSA) is 99.6 Å². The lowest BCUT2D eigenvalue weighted by atomic mass is 9.99. The minimum atomic E-state index is -0.523. The Labute approximate surface area is 136 Å². The van der Waals surface area contributed by atoms with Gasteiger partial charge in [0, 0.05) is 5.56 Å². The fourth-order valence-electron chi connectivity index (χ4n) is 2.50. The first kappa shape index (κ1) is 15.4. The lowest BCUT2D eigenvalue weighted by Crippen LogP contribution is -2.03. The summed E-state index contributed by atoms with van der Waals surface area (Å²) in [5, 5.41) is 12.9. The van der Waals surface area contributed by atoms with E-state index in [9.17, 15) is 19.6 Å². The fraction of sp³-hybridized carbons (Fsp3) is 0. The molecule has 24 heavy (non-hydrogen) atoms. The van der Waals surface area contributed by atoms with Crippen LogP contribution in [-0.4, -0.2) is 22.2 Å². The number of benzene rings is 2. The van der Waals surface area contributed by atoms with E-state index in [1.54, 1.807) is 24.3 Å². The molecule has 0 aliphatic carbocycles. The van der Waals surface area contributed by atoms with Crippen molar-refractivity contribution in [3.8, 4) is 17.1 Å². The molecule has 1 heterocycles. The zero-order valence-electron chi connectivity index (χ0n) is 12.4. The molecule has 0 fully saturated rings. The van der Waals surface area contributed by atoms with Gasteiger partial charge in [0.2, 0.25) is 5.88 Å². The highest BCUT2D eigenvalue weighted by Crippen LogP contribution is 2.32. The van der Waals surface area contributed by atoms with Crippen LogP contribution in [0.1, 0.15) is 26.3 Å². The molecule has 3 aromatic rings. The summed E-state index contributed by atoms with van der Waals surface area (Å²) >= 11 is 0. The monoisotopic (exact) mass is 320 g/mol. The molecule has 2 aromatic carbocycles. The standard InChI is InChI=1S/C18H12N2O4/c21-10-14-15(17(22)12-6-8-13(20-24)9-7-12)18(23)19-16(14)11-4-2-1-3-5-11/h1-10,19,23H. The third kappa shape index (κ3) is 2.61. The zero-order valence-corrected chi connectivity index (χ0v) is 12.4. The molecule has 0 spiro atoms. The third-order valence-corrected chi connectivity index (χ3v) is 3.66. The number of aldehydes is 1. The number of hydrogen-bond acceptors (Lipinski definition) is 5. The van der Waals surface area contributed by atoms with Crippen molar-refractivity contribution in [1.29, 1.82) is 0 Å². The van der Waals surface area contributed by atoms with Crippen LogP contribution >= 0.6 is 0 Å². The molecule has 6 heteroatoms. The van der Waals surface area contributed by atoms with Crippen molar-refractivity contribution < 1.29 is 14.7 Å². The Morgan fingerprint density at radius 1 is 1.04 bits per heavy atom. The fourth-order valence-corrected chi connectivity index (χ4v) is 2.50. The van der Waals surface area contributed by atoms with E-state index in [2.05, 4.69) is 10.2 Å². The molecule has 3 rings (SSSR count). The number of aromatic nitrogens is 1. The first-order chi connectivity index (χ1) is 11.7.